The molecule has 1 unspecified atom stereocenters. The number of nitrogens with zero attached hydrogens (tertiary/aromatic N) is 1. The molecule has 2 amide bonds. The quantitative estimate of drug-likeness (QED) is 0.523. The van der Waals surface area contributed by atoms with Crippen molar-refractivity contribution < 1.29 is 14.6 Å². The van der Waals surface area contributed by atoms with Crippen LogP contribution in [0.5, 0.6) is 5.75 Å². The highest BCUT2D eigenvalue weighted by Crippen LogP contribution is 2.28. The number of hydrogen-bond acceptors (Lipinski definition) is 5. The summed E-state index contributed by atoms with van der Waals surface area (Å²) in [6, 6.07) is 8.04. The maximum Gasteiger partial charge on any atom is 0.315 e. The number of methoxy groups -OCH3 is 1. The van der Waals surface area contributed by atoms with Crippen molar-refractivity contribution in [1.82, 2.24) is 15.6 Å². The zero-order valence-electron chi connectivity index (χ0n) is 16.6. The van der Waals surface area contributed by atoms with Crippen LogP contribution in [0, 0.1) is 0 Å². The van der Waals surface area contributed by atoms with Crippen molar-refractivity contribution in [2.24, 2.45) is 0 Å². The van der Waals surface area contributed by atoms with Gasteiger partial charge in [0.15, 0.2) is 0 Å². The van der Waals surface area contributed by atoms with Crippen molar-refractivity contribution in [2.45, 2.75) is 57.2 Å². The molecular formula is C21H30N4O3. The van der Waals surface area contributed by atoms with Crippen LogP contribution >= 0.6 is 0 Å². The second-order valence-corrected chi connectivity index (χ2v) is 7.50. The summed E-state index contributed by atoms with van der Waals surface area (Å²) in [7, 11) is 1.66. The zero-order valence-corrected chi connectivity index (χ0v) is 16.6. The molecule has 1 heterocycles. The Balaban J connectivity index is 1.44. The number of amides is 2. The number of benzene rings is 1. The minimum Gasteiger partial charge on any atom is -0.497 e. The second-order valence-electron chi connectivity index (χ2n) is 7.50. The van der Waals surface area contributed by atoms with E-state index < -0.39 is 0 Å². The molecule has 3 rings (SSSR count). The van der Waals surface area contributed by atoms with Crippen LogP contribution in [0.1, 0.15) is 39.0 Å². The lowest BCUT2D eigenvalue weighted by Gasteiger charge is -2.18. The van der Waals surface area contributed by atoms with Crippen LogP contribution in [0.2, 0.25) is 0 Å². The Morgan fingerprint density at radius 2 is 2.25 bits per heavy atom. The molecule has 0 aliphatic heterocycles. The third kappa shape index (κ3) is 5.48. The molecular weight excluding hydrogens is 356 g/mol. The van der Waals surface area contributed by atoms with E-state index in [-0.39, 0.29) is 24.2 Å². The fourth-order valence-electron chi connectivity index (χ4n) is 3.67. The highest BCUT2D eigenvalue weighted by Gasteiger charge is 2.23. The van der Waals surface area contributed by atoms with Crippen molar-refractivity contribution >= 4 is 22.6 Å². The van der Waals surface area contributed by atoms with Gasteiger partial charge in [0, 0.05) is 36.3 Å². The minimum absolute atomic E-state index is 0.0874. The lowest BCUT2D eigenvalue weighted by Crippen LogP contribution is -2.41. The molecule has 28 heavy (non-hydrogen) atoms. The normalized spacial score (nSPS) is 20.0. The summed E-state index contributed by atoms with van der Waals surface area (Å²) >= 11 is 0. The summed E-state index contributed by atoms with van der Waals surface area (Å²) in [5.41, 5.74) is 1.87. The van der Waals surface area contributed by atoms with Gasteiger partial charge in [0.1, 0.15) is 5.75 Å². The molecule has 3 atom stereocenters. The fraction of sp³-hybridized carbons (Fsp3) is 0.524. The van der Waals surface area contributed by atoms with E-state index in [1.165, 1.54) is 0 Å². The van der Waals surface area contributed by atoms with Crippen molar-refractivity contribution in [1.29, 1.82) is 0 Å². The summed E-state index contributed by atoms with van der Waals surface area (Å²) in [5.74, 6) is 0.797. The Kier molecular flexibility index (Phi) is 6.92. The highest BCUT2D eigenvalue weighted by atomic mass is 16.5. The molecule has 0 bridgehead atoms. The van der Waals surface area contributed by atoms with Crippen LogP contribution in [0.15, 0.2) is 30.5 Å². The van der Waals surface area contributed by atoms with Crippen molar-refractivity contribution in [3.05, 3.63) is 30.5 Å². The first-order valence-corrected chi connectivity index (χ1v) is 9.97. The Hall–Kier alpha value is -2.54. The smallest absolute Gasteiger partial charge is 0.315 e. The van der Waals surface area contributed by atoms with Gasteiger partial charge in [-0.15, -0.1) is 0 Å². The molecule has 1 aliphatic carbocycles. The summed E-state index contributed by atoms with van der Waals surface area (Å²) in [5, 5.41) is 19.9. The third-order valence-corrected chi connectivity index (χ3v) is 5.16. The monoisotopic (exact) mass is 386 g/mol. The predicted octanol–water partition coefficient (Wildman–Crippen LogP) is 3.04. The fourth-order valence-corrected chi connectivity index (χ4v) is 3.67. The molecule has 0 saturated heterocycles. The summed E-state index contributed by atoms with van der Waals surface area (Å²) < 4.78 is 5.39. The van der Waals surface area contributed by atoms with Gasteiger partial charge in [-0.2, -0.15) is 0 Å². The van der Waals surface area contributed by atoms with Gasteiger partial charge in [-0.05, 0) is 51.2 Å². The number of hydrogen-bond donors (Lipinski definition) is 4. The van der Waals surface area contributed by atoms with E-state index in [9.17, 15) is 9.90 Å². The Bertz CT molecular complexity index is 798. The number of nitrogens with one attached hydrogen (secondary N) is 3. The Labute approximate surface area is 165 Å². The third-order valence-electron chi connectivity index (χ3n) is 5.16. The van der Waals surface area contributed by atoms with Crippen molar-refractivity contribution in [3.8, 4) is 5.75 Å². The van der Waals surface area contributed by atoms with E-state index in [1.54, 1.807) is 13.3 Å². The molecule has 7 nitrogen and oxygen atoms in total. The lowest BCUT2D eigenvalue weighted by molar-refractivity contribution is 0.179. The summed E-state index contributed by atoms with van der Waals surface area (Å²) in [6.07, 6.45) is 5.55. The largest absolute Gasteiger partial charge is 0.497 e. The van der Waals surface area contributed by atoms with E-state index in [1.807, 2.05) is 24.3 Å². The molecule has 1 fully saturated rings. The summed E-state index contributed by atoms with van der Waals surface area (Å²) in [4.78, 5) is 16.4. The number of aromatic nitrogens is 1. The number of carbonyl (C=O) groups is 1. The van der Waals surface area contributed by atoms with Gasteiger partial charge >= 0.3 is 6.03 Å². The van der Waals surface area contributed by atoms with E-state index in [0.29, 0.717) is 13.0 Å². The van der Waals surface area contributed by atoms with Gasteiger partial charge in [-0.1, -0.05) is 6.07 Å². The number of fused-ring (bicyclic) bond motifs is 1. The molecule has 1 aromatic heterocycles. The van der Waals surface area contributed by atoms with Crippen LogP contribution < -0.4 is 20.7 Å². The van der Waals surface area contributed by atoms with Gasteiger partial charge in [-0.25, -0.2) is 4.79 Å². The number of rotatable bonds is 8. The molecule has 2 aromatic rings. The summed E-state index contributed by atoms with van der Waals surface area (Å²) in [6.45, 7) is 2.73. The molecule has 0 radical (unpaired) electrons. The van der Waals surface area contributed by atoms with Gasteiger partial charge < -0.3 is 25.8 Å². The number of aliphatic hydroxyl groups excluding tert-OH is 1. The maximum absolute atomic E-state index is 11.9. The van der Waals surface area contributed by atoms with Gasteiger partial charge in [0.25, 0.3) is 0 Å². The lowest BCUT2D eigenvalue weighted by atomic mass is 10.1. The minimum atomic E-state index is -0.278. The standard InChI is InChI=1S/C21H30N4O3/c1-14(5-3-10-23-21(27)25-16-7-8-17(26)12-16)24-19-13-18(28-2)11-15-6-4-9-22-20(15)19/h4,6,9,11,13-14,16-17,24,26H,3,5,7-8,10,12H2,1-2H3,(H2,23,25,27)/t14?,16-,17+/m0/s1. The number of ether oxygens (including phenoxy) is 1. The molecule has 4 N–H and O–H groups in total. The van der Waals surface area contributed by atoms with E-state index >= 15 is 0 Å². The number of pyridine rings is 1. The van der Waals surface area contributed by atoms with Crippen molar-refractivity contribution in [2.75, 3.05) is 19.0 Å². The van der Waals surface area contributed by atoms with Crippen LogP contribution in [0.3, 0.4) is 0 Å². The molecule has 152 valence electrons. The molecule has 7 heteroatoms. The number of aliphatic hydroxyl groups is 1. The Morgan fingerprint density at radius 1 is 1.39 bits per heavy atom. The average Bonchev–Trinajstić information content (AvgIpc) is 3.09. The van der Waals surface area contributed by atoms with E-state index in [4.69, 9.17) is 4.74 Å². The molecule has 0 spiro atoms. The molecule has 1 aliphatic rings. The van der Waals surface area contributed by atoms with E-state index in [2.05, 4.69) is 27.9 Å². The first-order valence-electron chi connectivity index (χ1n) is 9.97. The number of carbonyl (C=O) groups excluding carboxylic acids is 1. The van der Waals surface area contributed by atoms with Crippen LogP contribution in [0.4, 0.5) is 10.5 Å². The van der Waals surface area contributed by atoms with Gasteiger partial charge in [0.2, 0.25) is 0 Å². The number of urea groups is 1. The highest BCUT2D eigenvalue weighted by molar-refractivity contribution is 5.91. The van der Waals surface area contributed by atoms with Crippen molar-refractivity contribution in [3.63, 3.8) is 0 Å². The SMILES string of the molecule is COc1cc(NC(C)CCCNC(=O)N[C@H]2CC[C@@H](O)C2)c2ncccc2c1. The van der Waals surface area contributed by atoms with Crippen LogP contribution in [-0.4, -0.2) is 48.0 Å². The first kappa shape index (κ1) is 20.2. The predicted molar refractivity (Wildman–Crippen MR) is 111 cm³/mol. The average molecular weight is 386 g/mol. The van der Waals surface area contributed by atoms with Crippen LogP contribution in [0.25, 0.3) is 10.9 Å². The zero-order chi connectivity index (χ0) is 19.9. The number of anilines is 1. The topological polar surface area (TPSA) is 95.5 Å². The second kappa shape index (κ2) is 9.59. The Morgan fingerprint density at radius 3 is 3.00 bits per heavy atom. The molecule has 1 aromatic carbocycles. The van der Waals surface area contributed by atoms with Gasteiger partial charge in [-0.3, -0.25) is 4.98 Å². The maximum atomic E-state index is 11.9. The van der Waals surface area contributed by atoms with Gasteiger partial charge in [0.05, 0.1) is 24.4 Å². The van der Waals surface area contributed by atoms with Crippen LogP contribution in [-0.2, 0) is 0 Å². The van der Waals surface area contributed by atoms with E-state index in [0.717, 1.165) is 48.0 Å². The molecule has 1 saturated carbocycles. The first-order chi connectivity index (χ1) is 13.5.